The van der Waals surface area contributed by atoms with Gasteiger partial charge in [0.1, 0.15) is 11.2 Å². The average molecular weight is 324 g/mol. The minimum absolute atomic E-state index is 0.0673. The molecule has 0 bridgehead atoms. The van der Waals surface area contributed by atoms with Gasteiger partial charge < -0.3 is 4.90 Å². The summed E-state index contributed by atoms with van der Waals surface area (Å²) in [6.45, 7) is 3.71. The Balaban J connectivity index is 2.35. The van der Waals surface area contributed by atoms with Crippen LogP contribution in [0.15, 0.2) is 36.9 Å². The number of piperidine rings is 1. The molecular weight excluding hydrogens is 308 g/mol. The fourth-order valence-electron chi connectivity index (χ4n) is 2.45. The van der Waals surface area contributed by atoms with Crippen LogP contribution in [0.2, 0.25) is 0 Å². The molecule has 0 aliphatic carbocycles. The van der Waals surface area contributed by atoms with Crippen LogP contribution >= 0.6 is 0 Å². The molecule has 1 aromatic rings. The van der Waals surface area contributed by atoms with E-state index in [9.17, 15) is 23.3 Å². The molecule has 22 heavy (non-hydrogen) atoms. The number of Topliss-reactive ketones (excluding diaryl/α,β-unsaturated/α-hetero) is 1. The van der Waals surface area contributed by atoms with Crippen LogP contribution in [0.1, 0.15) is 12.8 Å². The average Bonchev–Trinajstić information content (AvgIpc) is 2.47. The van der Waals surface area contributed by atoms with E-state index in [1.54, 1.807) is 4.90 Å². The van der Waals surface area contributed by atoms with Gasteiger partial charge >= 0.3 is 0 Å². The molecule has 8 heteroatoms. The Bertz CT molecular complexity index is 696. The minimum atomic E-state index is -3.54. The van der Waals surface area contributed by atoms with Crippen LogP contribution in [0, 0.1) is 10.1 Å². The van der Waals surface area contributed by atoms with E-state index >= 15 is 0 Å². The van der Waals surface area contributed by atoms with Crippen molar-refractivity contribution >= 4 is 27.0 Å². The van der Waals surface area contributed by atoms with Gasteiger partial charge in [-0.05, 0) is 12.1 Å². The first-order valence-electron chi connectivity index (χ1n) is 6.70. The third-order valence-corrected chi connectivity index (χ3v) is 5.49. The predicted octanol–water partition coefficient (Wildman–Crippen LogP) is 1.69. The zero-order valence-corrected chi connectivity index (χ0v) is 12.7. The third-order valence-electron chi connectivity index (χ3n) is 3.54. The summed E-state index contributed by atoms with van der Waals surface area (Å²) >= 11 is 0. The summed E-state index contributed by atoms with van der Waals surface area (Å²) < 4.78 is 24.6. The van der Waals surface area contributed by atoms with Gasteiger partial charge in [-0.15, -0.1) is 6.58 Å². The number of nitrogens with zero attached hydrogens (tertiary/aromatic N) is 2. The molecule has 0 radical (unpaired) electrons. The third kappa shape index (κ3) is 3.33. The van der Waals surface area contributed by atoms with Crippen LogP contribution < -0.4 is 4.90 Å². The Labute approximate surface area is 128 Å². The molecule has 1 unspecified atom stereocenters. The maximum absolute atomic E-state index is 12.3. The van der Waals surface area contributed by atoms with Gasteiger partial charge in [0.25, 0.3) is 5.69 Å². The second-order valence-electron chi connectivity index (χ2n) is 5.03. The molecule has 1 aromatic carbocycles. The van der Waals surface area contributed by atoms with Crippen molar-refractivity contribution in [2.24, 2.45) is 0 Å². The lowest BCUT2D eigenvalue weighted by Crippen LogP contribution is -2.48. The number of hydrogen-bond acceptors (Lipinski definition) is 6. The summed E-state index contributed by atoms with van der Waals surface area (Å²) in [6.07, 6.45) is 1.48. The number of nitro benzene ring substituents is 1. The molecule has 1 fully saturated rings. The molecule has 118 valence electrons. The summed E-state index contributed by atoms with van der Waals surface area (Å²) in [4.78, 5) is 23.4. The number of ketones is 1. The maximum atomic E-state index is 12.3. The van der Waals surface area contributed by atoms with E-state index in [1.807, 2.05) is 0 Å². The van der Waals surface area contributed by atoms with Crippen LogP contribution in [0.5, 0.6) is 0 Å². The summed E-state index contributed by atoms with van der Waals surface area (Å²) in [7, 11) is -3.54. The van der Waals surface area contributed by atoms with Gasteiger partial charge in [-0.1, -0.05) is 6.08 Å². The Morgan fingerprint density at radius 3 is 2.55 bits per heavy atom. The fraction of sp³-hybridized carbons (Fsp3) is 0.357. The van der Waals surface area contributed by atoms with Gasteiger partial charge in [0.2, 0.25) is 0 Å². The van der Waals surface area contributed by atoms with Crippen LogP contribution in [0.4, 0.5) is 11.4 Å². The fourth-order valence-corrected chi connectivity index (χ4v) is 4.06. The number of hydrogen-bond donors (Lipinski definition) is 0. The van der Waals surface area contributed by atoms with Crippen molar-refractivity contribution < 1.29 is 18.1 Å². The molecule has 1 saturated heterocycles. The molecule has 0 amide bonds. The molecule has 7 nitrogen and oxygen atoms in total. The number of carbonyl (C=O) groups is 1. The molecule has 1 aliphatic heterocycles. The first-order chi connectivity index (χ1) is 10.3. The number of non-ortho nitro benzene ring substituents is 1. The molecule has 0 spiro atoms. The monoisotopic (exact) mass is 324 g/mol. The number of nitro groups is 1. The molecule has 2 rings (SSSR count). The highest BCUT2D eigenvalue weighted by atomic mass is 32.2. The highest BCUT2D eigenvalue weighted by Crippen LogP contribution is 2.28. The van der Waals surface area contributed by atoms with E-state index in [2.05, 4.69) is 6.58 Å². The molecule has 0 N–H and O–H groups in total. The van der Waals surface area contributed by atoms with Crippen LogP contribution in [-0.2, 0) is 14.6 Å². The SMILES string of the molecule is C=CCS(=O)(=O)C1CC(=O)CCN1c1ccc([N+](=O)[O-])cc1. The van der Waals surface area contributed by atoms with Gasteiger partial charge in [-0.25, -0.2) is 8.42 Å². The van der Waals surface area contributed by atoms with E-state index in [4.69, 9.17) is 0 Å². The van der Waals surface area contributed by atoms with Crippen LogP contribution in [0.3, 0.4) is 0 Å². The Kier molecular flexibility index (Phi) is 4.60. The number of carbonyl (C=O) groups excluding carboxylic acids is 1. The summed E-state index contributed by atoms with van der Waals surface area (Å²) in [5.41, 5.74) is 0.484. The normalized spacial score (nSPS) is 19.0. The zero-order valence-electron chi connectivity index (χ0n) is 11.8. The van der Waals surface area contributed by atoms with Gasteiger partial charge in [0.05, 0.1) is 10.7 Å². The molecule has 0 aromatic heterocycles. The standard InChI is InChI=1S/C14H16N2O5S/c1-2-9-22(20,21)14-10-13(17)7-8-15(14)11-3-5-12(6-4-11)16(18)19/h2-6,14H,1,7-10H2. The second-order valence-corrected chi connectivity index (χ2v) is 7.24. The number of benzene rings is 1. The number of anilines is 1. The van der Waals surface area contributed by atoms with Gasteiger partial charge in [-0.3, -0.25) is 14.9 Å². The lowest BCUT2D eigenvalue weighted by atomic mass is 10.1. The molecule has 0 saturated carbocycles. The second kappa shape index (κ2) is 6.27. The minimum Gasteiger partial charge on any atom is -0.354 e. The highest BCUT2D eigenvalue weighted by Gasteiger charge is 2.36. The first kappa shape index (κ1) is 16.2. The van der Waals surface area contributed by atoms with E-state index in [0.717, 1.165) is 0 Å². The van der Waals surface area contributed by atoms with E-state index in [0.29, 0.717) is 5.69 Å². The number of sulfone groups is 1. The van der Waals surface area contributed by atoms with Crippen molar-refractivity contribution in [1.82, 2.24) is 0 Å². The molecule has 1 heterocycles. The van der Waals surface area contributed by atoms with Gasteiger partial charge in [0, 0.05) is 37.2 Å². The smallest absolute Gasteiger partial charge is 0.269 e. The number of rotatable bonds is 5. The Hall–Kier alpha value is -2.22. The molecule has 1 aliphatic rings. The topological polar surface area (TPSA) is 97.6 Å². The Morgan fingerprint density at radius 1 is 1.36 bits per heavy atom. The van der Waals surface area contributed by atoms with Crippen molar-refractivity contribution in [3.8, 4) is 0 Å². The van der Waals surface area contributed by atoms with E-state index < -0.39 is 20.1 Å². The van der Waals surface area contributed by atoms with Crippen molar-refractivity contribution in [3.05, 3.63) is 47.0 Å². The van der Waals surface area contributed by atoms with Crippen molar-refractivity contribution in [3.63, 3.8) is 0 Å². The maximum Gasteiger partial charge on any atom is 0.269 e. The quantitative estimate of drug-likeness (QED) is 0.464. The van der Waals surface area contributed by atoms with Gasteiger partial charge in [0.15, 0.2) is 9.84 Å². The summed E-state index contributed by atoms with van der Waals surface area (Å²) in [5, 5.41) is 9.73. The van der Waals surface area contributed by atoms with Crippen molar-refractivity contribution in [2.45, 2.75) is 18.2 Å². The van der Waals surface area contributed by atoms with Crippen LogP contribution in [0.25, 0.3) is 0 Å². The lowest BCUT2D eigenvalue weighted by Gasteiger charge is -2.36. The van der Waals surface area contributed by atoms with Crippen molar-refractivity contribution in [1.29, 1.82) is 0 Å². The largest absolute Gasteiger partial charge is 0.354 e. The van der Waals surface area contributed by atoms with Gasteiger partial charge in [-0.2, -0.15) is 0 Å². The molecular formula is C14H16N2O5S. The summed E-state index contributed by atoms with van der Waals surface area (Å²) in [5.74, 6) is -0.315. The van der Waals surface area contributed by atoms with E-state index in [1.165, 1.54) is 30.3 Å². The lowest BCUT2D eigenvalue weighted by molar-refractivity contribution is -0.384. The Morgan fingerprint density at radius 2 is 2.00 bits per heavy atom. The first-order valence-corrected chi connectivity index (χ1v) is 8.42. The van der Waals surface area contributed by atoms with Crippen molar-refractivity contribution in [2.75, 3.05) is 17.2 Å². The zero-order chi connectivity index (χ0) is 16.3. The highest BCUT2D eigenvalue weighted by molar-refractivity contribution is 7.92. The van der Waals surface area contributed by atoms with E-state index in [-0.39, 0.29) is 36.6 Å². The summed E-state index contributed by atoms with van der Waals surface area (Å²) in [6, 6.07) is 5.65. The van der Waals surface area contributed by atoms with Crippen LogP contribution in [-0.4, -0.2) is 36.8 Å². The predicted molar refractivity (Wildman–Crippen MR) is 82.5 cm³/mol. The molecule has 1 atom stereocenters.